The van der Waals surface area contributed by atoms with Crippen LogP contribution in [0.4, 0.5) is 5.82 Å². The van der Waals surface area contributed by atoms with Gasteiger partial charge in [0, 0.05) is 58.0 Å². The largest absolute Gasteiger partial charge is 0.359 e. The predicted molar refractivity (Wildman–Crippen MR) is 120 cm³/mol. The summed E-state index contributed by atoms with van der Waals surface area (Å²) in [7, 11) is 1.96. The van der Waals surface area contributed by atoms with E-state index in [1.165, 1.54) is 0 Å². The molecular formula is C22H25N5O2S. The van der Waals surface area contributed by atoms with Gasteiger partial charge in [-0.3, -0.25) is 9.59 Å². The molecule has 1 fully saturated rings. The van der Waals surface area contributed by atoms with Gasteiger partial charge < -0.3 is 14.7 Å². The maximum absolute atomic E-state index is 12.6. The average Bonchev–Trinajstić information content (AvgIpc) is 3.22. The molecule has 3 aromatic rings. The molecule has 8 heteroatoms. The molecule has 0 spiro atoms. The van der Waals surface area contributed by atoms with Crippen LogP contribution in [-0.2, 0) is 9.59 Å². The lowest BCUT2D eigenvalue weighted by Gasteiger charge is -2.34. The third kappa shape index (κ3) is 4.28. The molecule has 0 atom stereocenters. The van der Waals surface area contributed by atoms with E-state index >= 15 is 0 Å². The van der Waals surface area contributed by atoms with Crippen LogP contribution < -0.4 is 4.90 Å². The Bertz CT molecular complexity index is 1040. The summed E-state index contributed by atoms with van der Waals surface area (Å²) in [6, 6.07) is 12.4. The molecule has 0 unspecified atom stereocenters. The second-order valence-corrected chi connectivity index (χ2v) is 8.48. The molecule has 1 aromatic carbocycles. The van der Waals surface area contributed by atoms with Crippen LogP contribution in [0, 0.1) is 0 Å². The van der Waals surface area contributed by atoms with Crippen molar-refractivity contribution in [1.29, 1.82) is 0 Å². The van der Waals surface area contributed by atoms with Crippen LogP contribution in [0.25, 0.3) is 20.7 Å². The molecule has 1 aliphatic rings. The lowest BCUT2D eigenvalue weighted by Crippen LogP contribution is -2.50. The molecule has 2 aromatic heterocycles. The first kappa shape index (κ1) is 20.3. The summed E-state index contributed by atoms with van der Waals surface area (Å²) in [6.07, 6.45) is 2.00. The molecule has 0 aliphatic carbocycles. The normalized spacial score (nSPS) is 14.2. The van der Waals surface area contributed by atoms with Gasteiger partial charge in [-0.25, -0.2) is 9.97 Å². The summed E-state index contributed by atoms with van der Waals surface area (Å²) in [5, 5.41) is 1.01. The second-order valence-electron chi connectivity index (χ2n) is 7.45. The fourth-order valence-electron chi connectivity index (χ4n) is 3.69. The molecule has 3 heterocycles. The SMILES string of the molecule is CC(=O)N1CCN(C(=O)CCN(C)c2ncnc3sc(-c4ccccc4)cc23)CC1. The average molecular weight is 424 g/mol. The number of benzene rings is 1. The smallest absolute Gasteiger partial charge is 0.224 e. The molecule has 156 valence electrons. The maximum Gasteiger partial charge on any atom is 0.224 e. The third-order valence-electron chi connectivity index (χ3n) is 5.47. The van der Waals surface area contributed by atoms with E-state index in [0.717, 1.165) is 26.5 Å². The minimum Gasteiger partial charge on any atom is -0.359 e. The number of fused-ring (bicyclic) bond motifs is 1. The molecular weight excluding hydrogens is 398 g/mol. The molecule has 0 radical (unpaired) electrons. The fourth-order valence-corrected chi connectivity index (χ4v) is 4.69. The number of hydrogen-bond donors (Lipinski definition) is 0. The van der Waals surface area contributed by atoms with E-state index < -0.39 is 0 Å². The van der Waals surface area contributed by atoms with Gasteiger partial charge in [0.05, 0.1) is 5.39 Å². The van der Waals surface area contributed by atoms with Crippen molar-refractivity contribution in [1.82, 2.24) is 19.8 Å². The van der Waals surface area contributed by atoms with Crippen LogP contribution in [0.3, 0.4) is 0 Å². The molecule has 30 heavy (non-hydrogen) atoms. The van der Waals surface area contributed by atoms with Crippen LogP contribution in [-0.4, -0.2) is 71.4 Å². The fraction of sp³-hybridized carbons (Fsp3) is 0.364. The van der Waals surface area contributed by atoms with Crippen molar-refractivity contribution < 1.29 is 9.59 Å². The second kappa shape index (κ2) is 8.79. The first-order chi connectivity index (χ1) is 14.5. The predicted octanol–water partition coefficient (Wildman–Crippen LogP) is 2.88. The van der Waals surface area contributed by atoms with Crippen LogP contribution in [0.5, 0.6) is 0 Å². The lowest BCUT2D eigenvalue weighted by molar-refractivity contribution is -0.138. The first-order valence-corrected chi connectivity index (χ1v) is 10.9. The number of amides is 2. The Labute approximate surface area is 179 Å². The number of piperazine rings is 1. The zero-order valence-electron chi connectivity index (χ0n) is 17.2. The van der Waals surface area contributed by atoms with Crippen molar-refractivity contribution >= 4 is 39.2 Å². The lowest BCUT2D eigenvalue weighted by atomic mass is 10.2. The van der Waals surface area contributed by atoms with Gasteiger partial charge in [0.2, 0.25) is 11.8 Å². The Morgan fingerprint density at radius 3 is 2.47 bits per heavy atom. The molecule has 1 aliphatic heterocycles. The van der Waals surface area contributed by atoms with E-state index in [9.17, 15) is 9.59 Å². The van der Waals surface area contributed by atoms with Gasteiger partial charge in [0.25, 0.3) is 0 Å². The van der Waals surface area contributed by atoms with Gasteiger partial charge >= 0.3 is 0 Å². The van der Waals surface area contributed by atoms with Crippen molar-refractivity contribution in [3.63, 3.8) is 0 Å². The molecule has 0 N–H and O–H groups in total. The number of thiophene rings is 1. The van der Waals surface area contributed by atoms with Crippen LogP contribution >= 0.6 is 11.3 Å². The van der Waals surface area contributed by atoms with E-state index in [2.05, 4.69) is 28.2 Å². The standard InChI is InChI=1S/C22H25N5O2S/c1-16(28)26-10-12-27(13-11-26)20(29)8-9-25(2)21-18-14-19(17-6-4-3-5-7-17)30-22(18)24-15-23-21/h3-7,14-15H,8-13H2,1-2H3. The highest BCUT2D eigenvalue weighted by atomic mass is 32.1. The van der Waals surface area contributed by atoms with Crippen LogP contribution in [0.1, 0.15) is 13.3 Å². The summed E-state index contributed by atoms with van der Waals surface area (Å²) in [5.41, 5.74) is 1.16. The highest BCUT2D eigenvalue weighted by molar-refractivity contribution is 7.21. The van der Waals surface area contributed by atoms with Crippen molar-refractivity contribution in [2.24, 2.45) is 0 Å². The number of nitrogens with zero attached hydrogens (tertiary/aromatic N) is 5. The number of aromatic nitrogens is 2. The molecule has 0 saturated carbocycles. The molecule has 1 saturated heterocycles. The Morgan fingerprint density at radius 1 is 1.07 bits per heavy atom. The molecule has 7 nitrogen and oxygen atoms in total. The van der Waals surface area contributed by atoms with E-state index in [0.29, 0.717) is 39.1 Å². The maximum atomic E-state index is 12.6. The molecule has 2 amide bonds. The van der Waals surface area contributed by atoms with Crippen LogP contribution in [0.15, 0.2) is 42.7 Å². The van der Waals surface area contributed by atoms with Crippen LogP contribution in [0.2, 0.25) is 0 Å². The summed E-state index contributed by atoms with van der Waals surface area (Å²) in [4.78, 5) is 40.8. The Morgan fingerprint density at radius 2 is 1.77 bits per heavy atom. The Kier molecular flexibility index (Phi) is 5.94. The summed E-state index contributed by atoms with van der Waals surface area (Å²) < 4.78 is 0. The van der Waals surface area contributed by atoms with Crippen molar-refractivity contribution in [2.45, 2.75) is 13.3 Å². The highest BCUT2D eigenvalue weighted by Gasteiger charge is 2.22. The third-order valence-corrected chi connectivity index (χ3v) is 6.56. The minimum absolute atomic E-state index is 0.0697. The quantitative estimate of drug-likeness (QED) is 0.631. The van der Waals surface area contributed by atoms with Gasteiger partial charge in [-0.1, -0.05) is 30.3 Å². The topological polar surface area (TPSA) is 69.6 Å². The number of hydrogen-bond acceptors (Lipinski definition) is 6. The summed E-state index contributed by atoms with van der Waals surface area (Å²) in [6.45, 7) is 4.58. The van der Waals surface area contributed by atoms with E-state index in [-0.39, 0.29) is 11.8 Å². The van der Waals surface area contributed by atoms with Gasteiger partial charge in [-0.05, 0) is 11.6 Å². The number of rotatable bonds is 5. The number of carbonyl (C=O) groups excluding carboxylic acids is 2. The van der Waals surface area contributed by atoms with E-state index in [1.807, 2.05) is 35.0 Å². The molecule has 4 rings (SSSR count). The van der Waals surface area contributed by atoms with Crippen molar-refractivity contribution in [3.05, 3.63) is 42.7 Å². The zero-order chi connectivity index (χ0) is 21.1. The zero-order valence-corrected chi connectivity index (χ0v) is 18.1. The van der Waals surface area contributed by atoms with E-state index in [1.54, 1.807) is 29.5 Å². The van der Waals surface area contributed by atoms with E-state index in [4.69, 9.17) is 0 Å². The summed E-state index contributed by atoms with van der Waals surface area (Å²) >= 11 is 1.65. The van der Waals surface area contributed by atoms with Crippen molar-refractivity contribution in [3.8, 4) is 10.4 Å². The monoisotopic (exact) mass is 423 g/mol. The van der Waals surface area contributed by atoms with Gasteiger partial charge in [0.15, 0.2) is 0 Å². The minimum atomic E-state index is 0.0697. The Balaban J connectivity index is 1.42. The van der Waals surface area contributed by atoms with Crippen molar-refractivity contribution in [2.75, 3.05) is 44.7 Å². The van der Waals surface area contributed by atoms with Gasteiger partial charge in [-0.15, -0.1) is 11.3 Å². The number of carbonyl (C=O) groups is 2. The molecule has 0 bridgehead atoms. The number of anilines is 1. The van der Waals surface area contributed by atoms with Gasteiger partial charge in [-0.2, -0.15) is 0 Å². The Hall–Kier alpha value is -3.00. The highest BCUT2D eigenvalue weighted by Crippen LogP contribution is 2.35. The summed E-state index contributed by atoms with van der Waals surface area (Å²) in [5.74, 6) is 1.03. The van der Waals surface area contributed by atoms with Gasteiger partial charge in [0.1, 0.15) is 17.0 Å². The first-order valence-electron chi connectivity index (χ1n) is 10.1.